The van der Waals surface area contributed by atoms with Gasteiger partial charge in [0.05, 0.1) is 18.5 Å². The number of methoxy groups -OCH3 is 1. The molecule has 0 bridgehead atoms. The zero-order valence-corrected chi connectivity index (χ0v) is 9.02. The summed E-state index contributed by atoms with van der Waals surface area (Å²) < 4.78 is 4.46. The highest BCUT2D eigenvalue weighted by molar-refractivity contribution is 5.75. The summed E-state index contributed by atoms with van der Waals surface area (Å²) in [5, 5.41) is 10.8. The number of nitrogens with zero attached hydrogens (tertiary/aromatic N) is 1. The minimum Gasteiger partial charge on any atom is -0.469 e. The van der Waals surface area contributed by atoms with Crippen LogP contribution in [-0.4, -0.2) is 18.0 Å². The number of carbonyl (C=O) groups excluding carboxylic acids is 1. The van der Waals surface area contributed by atoms with Gasteiger partial charge in [0, 0.05) is 17.3 Å². The fourth-order valence-electron chi connectivity index (χ4n) is 1.30. The number of nitrogens with two attached hydrogens (primary N) is 1. The lowest BCUT2D eigenvalue weighted by atomic mass is 10.1. The fourth-order valence-corrected chi connectivity index (χ4v) is 1.30. The largest absolute Gasteiger partial charge is 0.469 e. The second-order valence-electron chi connectivity index (χ2n) is 3.35. The second-order valence-corrected chi connectivity index (χ2v) is 3.35. The summed E-state index contributed by atoms with van der Waals surface area (Å²) in [7, 11) is 1.23. The molecule has 1 aromatic carbocycles. The van der Waals surface area contributed by atoms with Gasteiger partial charge in [-0.05, 0) is 18.6 Å². The number of ether oxygens (including phenoxy) is 1. The molecule has 1 rings (SSSR count). The van der Waals surface area contributed by atoms with E-state index in [2.05, 4.69) is 4.74 Å². The monoisotopic (exact) mass is 224 g/mol. The van der Waals surface area contributed by atoms with Crippen LogP contribution in [0.2, 0.25) is 0 Å². The van der Waals surface area contributed by atoms with Crippen molar-refractivity contribution < 1.29 is 14.5 Å². The lowest BCUT2D eigenvalue weighted by Gasteiger charge is -2.05. The van der Waals surface area contributed by atoms with Crippen molar-refractivity contribution in [3.63, 3.8) is 0 Å². The Morgan fingerprint density at radius 3 is 2.69 bits per heavy atom. The smallest absolute Gasteiger partial charge is 0.310 e. The maximum atomic E-state index is 11.1. The number of nitro groups is 1. The van der Waals surface area contributed by atoms with E-state index in [0.717, 1.165) is 0 Å². The average Bonchev–Trinajstić information content (AvgIpc) is 2.22. The standard InChI is InChI=1S/C10H12N2O4/c1-6-3-9(12(14)15)7(4-8(6)11)5-10(13)16-2/h3-4H,5,11H2,1-2H3. The zero-order chi connectivity index (χ0) is 12.3. The Morgan fingerprint density at radius 2 is 2.19 bits per heavy atom. The molecule has 0 radical (unpaired) electrons. The van der Waals surface area contributed by atoms with Crippen LogP contribution >= 0.6 is 0 Å². The van der Waals surface area contributed by atoms with Crippen molar-refractivity contribution in [2.45, 2.75) is 13.3 Å². The number of esters is 1. The molecule has 16 heavy (non-hydrogen) atoms. The summed E-state index contributed by atoms with van der Waals surface area (Å²) in [4.78, 5) is 21.3. The molecule has 0 saturated carbocycles. The molecule has 0 atom stereocenters. The van der Waals surface area contributed by atoms with Gasteiger partial charge in [-0.25, -0.2) is 0 Å². The SMILES string of the molecule is COC(=O)Cc1cc(N)c(C)cc1[N+](=O)[O-]. The maximum Gasteiger partial charge on any atom is 0.310 e. The fraction of sp³-hybridized carbons (Fsp3) is 0.300. The van der Waals surface area contributed by atoms with Crippen LogP contribution in [-0.2, 0) is 16.0 Å². The number of hydrogen-bond acceptors (Lipinski definition) is 5. The van der Waals surface area contributed by atoms with Gasteiger partial charge < -0.3 is 10.5 Å². The molecule has 0 aromatic heterocycles. The van der Waals surface area contributed by atoms with Crippen LogP contribution in [0.1, 0.15) is 11.1 Å². The molecule has 6 nitrogen and oxygen atoms in total. The molecule has 86 valence electrons. The van der Waals surface area contributed by atoms with Gasteiger partial charge in [-0.15, -0.1) is 0 Å². The predicted molar refractivity (Wildman–Crippen MR) is 58.0 cm³/mol. The first-order valence-corrected chi connectivity index (χ1v) is 4.56. The topological polar surface area (TPSA) is 95.5 Å². The van der Waals surface area contributed by atoms with E-state index in [9.17, 15) is 14.9 Å². The summed E-state index contributed by atoms with van der Waals surface area (Å²) in [6.07, 6.45) is -0.155. The summed E-state index contributed by atoms with van der Waals surface area (Å²) in [6, 6.07) is 2.79. The van der Waals surface area contributed by atoms with E-state index in [1.807, 2.05) is 0 Å². The van der Waals surface area contributed by atoms with Crippen molar-refractivity contribution in [2.75, 3.05) is 12.8 Å². The van der Waals surface area contributed by atoms with Gasteiger partial charge >= 0.3 is 5.97 Å². The van der Waals surface area contributed by atoms with Gasteiger partial charge in [0.2, 0.25) is 0 Å². The molecule has 0 spiro atoms. The number of nitro benzene ring substituents is 1. The Morgan fingerprint density at radius 1 is 1.56 bits per heavy atom. The van der Waals surface area contributed by atoms with E-state index in [1.165, 1.54) is 19.2 Å². The van der Waals surface area contributed by atoms with Crippen LogP contribution < -0.4 is 5.73 Å². The van der Waals surface area contributed by atoms with Crippen LogP contribution in [0.5, 0.6) is 0 Å². The van der Waals surface area contributed by atoms with E-state index in [4.69, 9.17) is 5.73 Å². The van der Waals surface area contributed by atoms with Crippen LogP contribution in [0.4, 0.5) is 11.4 Å². The summed E-state index contributed by atoms with van der Waals surface area (Å²) in [5.74, 6) is -0.536. The molecular formula is C10H12N2O4. The minimum atomic E-state index is -0.537. The third kappa shape index (κ3) is 2.47. The van der Waals surface area contributed by atoms with Crippen molar-refractivity contribution in [2.24, 2.45) is 0 Å². The van der Waals surface area contributed by atoms with Gasteiger partial charge in [-0.2, -0.15) is 0 Å². The third-order valence-corrected chi connectivity index (χ3v) is 2.23. The number of hydrogen-bond donors (Lipinski definition) is 1. The Bertz CT molecular complexity index is 443. The molecule has 6 heteroatoms. The highest BCUT2D eigenvalue weighted by Crippen LogP contribution is 2.25. The van der Waals surface area contributed by atoms with E-state index in [1.54, 1.807) is 6.92 Å². The van der Waals surface area contributed by atoms with Crippen molar-refractivity contribution in [1.29, 1.82) is 0 Å². The Balaban J connectivity index is 3.19. The zero-order valence-electron chi connectivity index (χ0n) is 9.02. The van der Waals surface area contributed by atoms with Crippen LogP contribution in [0.15, 0.2) is 12.1 Å². The second kappa shape index (κ2) is 4.61. The van der Waals surface area contributed by atoms with Gasteiger partial charge in [-0.1, -0.05) is 0 Å². The number of aryl methyl sites for hydroxylation is 1. The Labute approximate surface area is 92.2 Å². The molecule has 0 fully saturated rings. The van der Waals surface area contributed by atoms with Crippen LogP contribution in [0, 0.1) is 17.0 Å². The van der Waals surface area contributed by atoms with E-state index in [-0.39, 0.29) is 17.7 Å². The lowest BCUT2D eigenvalue weighted by molar-refractivity contribution is -0.385. The van der Waals surface area contributed by atoms with Gasteiger partial charge in [-0.3, -0.25) is 14.9 Å². The van der Waals surface area contributed by atoms with Crippen molar-refractivity contribution in [3.8, 4) is 0 Å². The van der Waals surface area contributed by atoms with E-state index < -0.39 is 10.9 Å². The van der Waals surface area contributed by atoms with Crippen molar-refractivity contribution in [1.82, 2.24) is 0 Å². The molecule has 0 aliphatic rings. The van der Waals surface area contributed by atoms with Gasteiger partial charge in [0.25, 0.3) is 5.69 Å². The first-order valence-electron chi connectivity index (χ1n) is 4.56. The minimum absolute atomic E-state index is 0.114. The van der Waals surface area contributed by atoms with Gasteiger partial charge in [0.15, 0.2) is 0 Å². The first-order chi connectivity index (χ1) is 7.45. The average molecular weight is 224 g/mol. The molecule has 0 aliphatic carbocycles. The van der Waals surface area contributed by atoms with Crippen molar-refractivity contribution >= 4 is 17.3 Å². The molecule has 0 aliphatic heterocycles. The molecule has 0 amide bonds. The third-order valence-electron chi connectivity index (χ3n) is 2.23. The maximum absolute atomic E-state index is 11.1. The molecule has 0 heterocycles. The van der Waals surface area contributed by atoms with Crippen LogP contribution in [0.25, 0.3) is 0 Å². The van der Waals surface area contributed by atoms with E-state index >= 15 is 0 Å². The normalized spacial score (nSPS) is 9.88. The summed E-state index contributed by atoms with van der Waals surface area (Å²) in [5.41, 5.74) is 6.81. The number of anilines is 1. The Kier molecular flexibility index (Phi) is 3.44. The number of rotatable bonds is 3. The highest BCUT2D eigenvalue weighted by Gasteiger charge is 2.18. The van der Waals surface area contributed by atoms with Crippen molar-refractivity contribution in [3.05, 3.63) is 33.4 Å². The lowest BCUT2D eigenvalue weighted by Crippen LogP contribution is -2.08. The molecule has 2 N–H and O–H groups in total. The molecule has 0 unspecified atom stereocenters. The molecular weight excluding hydrogens is 212 g/mol. The van der Waals surface area contributed by atoms with Crippen LogP contribution in [0.3, 0.4) is 0 Å². The summed E-state index contributed by atoms with van der Waals surface area (Å²) in [6.45, 7) is 1.67. The number of carbonyl (C=O) groups is 1. The molecule has 1 aromatic rings. The predicted octanol–water partition coefficient (Wildman–Crippen LogP) is 1.20. The Hall–Kier alpha value is -2.11. The first kappa shape index (κ1) is 12.0. The quantitative estimate of drug-likeness (QED) is 0.360. The number of benzene rings is 1. The van der Waals surface area contributed by atoms with E-state index in [0.29, 0.717) is 11.3 Å². The molecule has 0 saturated heterocycles. The highest BCUT2D eigenvalue weighted by atomic mass is 16.6. The summed E-state index contributed by atoms with van der Waals surface area (Å²) >= 11 is 0. The number of nitrogen functional groups attached to an aromatic ring is 1. The van der Waals surface area contributed by atoms with Gasteiger partial charge in [0.1, 0.15) is 0 Å².